The van der Waals surface area contributed by atoms with E-state index in [1.54, 1.807) is 41.5 Å². The van der Waals surface area contributed by atoms with Gasteiger partial charge in [-0.2, -0.15) is 0 Å². The highest BCUT2D eigenvalue weighted by Gasteiger charge is 2.28. The maximum atomic E-state index is 13.1. The van der Waals surface area contributed by atoms with Gasteiger partial charge in [-0.15, -0.1) is 0 Å². The van der Waals surface area contributed by atoms with Crippen molar-refractivity contribution in [2.24, 2.45) is 5.73 Å². The molecule has 0 radical (unpaired) electrons. The van der Waals surface area contributed by atoms with Crippen LogP contribution in [0.5, 0.6) is 0 Å². The number of aromatic nitrogens is 2. The third-order valence-corrected chi connectivity index (χ3v) is 5.25. The minimum Gasteiger partial charge on any atom is -0.458 e. The van der Waals surface area contributed by atoms with Crippen LogP contribution in [0.2, 0.25) is 0 Å². The zero-order valence-electron chi connectivity index (χ0n) is 20.2. The summed E-state index contributed by atoms with van der Waals surface area (Å²) in [5.74, 6) is -2.49. The Morgan fingerprint density at radius 1 is 1.00 bits per heavy atom. The first-order valence-electron chi connectivity index (χ1n) is 10.3. The van der Waals surface area contributed by atoms with Crippen LogP contribution in [-0.2, 0) is 39.2 Å². The fourth-order valence-electron chi connectivity index (χ4n) is 2.34. The lowest BCUT2D eigenvalue weighted by Crippen LogP contribution is -2.30. The van der Waals surface area contributed by atoms with Gasteiger partial charge in [-0.1, -0.05) is 12.2 Å². The van der Waals surface area contributed by atoms with Gasteiger partial charge in [-0.3, -0.25) is 23.2 Å². The summed E-state index contributed by atoms with van der Waals surface area (Å²) in [6, 6.07) is 0. The van der Waals surface area contributed by atoms with E-state index in [4.69, 9.17) is 24.3 Å². The summed E-state index contributed by atoms with van der Waals surface area (Å²) in [5, 5.41) is 0. The highest BCUT2D eigenvalue weighted by molar-refractivity contribution is 7.54. The Balaban J connectivity index is 2.89. The van der Waals surface area contributed by atoms with E-state index >= 15 is 0 Å². The topological polar surface area (TPSA) is 166 Å². The van der Waals surface area contributed by atoms with Crippen molar-refractivity contribution in [2.75, 3.05) is 19.4 Å². The lowest BCUT2D eigenvalue weighted by atomic mass is 10.2. The van der Waals surface area contributed by atoms with Crippen molar-refractivity contribution in [2.45, 2.75) is 59.3 Å². The van der Waals surface area contributed by atoms with Crippen LogP contribution in [0.3, 0.4) is 0 Å². The second-order valence-corrected chi connectivity index (χ2v) is 11.2. The van der Waals surface area contributed by atoms with Crippen LogP contribution in [0, 0.1) is 0 Å². The number of carbonyl (C=O) groups is 3. The zero-order chi connectivity index (χ0) is 26.2. The van der Waals surface area contributed by atoms with Gasteiger partial charge in [-0.25, -0.2) is 14.6 Å². The third kappa shape index (κ3) is 11.4. The molecule has 190 valence electrons. The summed E-state index contributed by atoms with van der Waals surface area (Å²) < 4.78 is 34.9. The molecule has 0 aliphatic rings. The van der Waals surface area contributed by atoms with Gasteiger partial charge < -0.3 is 19.8 Å². The van der Waals surface area contributed by atoms with Crippen LogP contribution in [0.15, 0.2) is 29.3 Å². The number of hydrogen-bond donors (Lipinski definition) is 1. The van der Waals surface area contributed by atoms with Crippen LogP contribution < -0.4 is 11.3 Å². The van der Waals surface area contributed by atoms with E-state index in [9.17, 15) is 23.7 Å². The zero-order valence-corrected chi connectivity index (χ0v) is 21.1. The Morgan fingerprint density at radius 2 is 1.50 bits per heavy atom. The number of amides is 1. The van der Waals surface area contributed by atoms with E-state index in [1.807, 2.05) is 0 Å². The van der Waals surface area contributed by atoms with E-state index in [2.05, 4.69) is 4.98 Å². The van der Waals surface area contributed by atoms with Crippen molar-refractivity contribution < 1.29 is 37.5 Å². The Bertz CT molecular complexity index is 984. The molecule has 13 heteroatoms. The molecule has 0 spiro atoms. The van der Waals surface area contributed by atoms with E-state index in [0.717, 1.165) is 4.57 Å². The molecule has 1 heterocycles. The fourth-order valence-corrected chi connectivity index (χ4v) is 3.64. The van der Waals surface area contributed by atoms with Crippen molar-refractivity contribution in [3.05, 3.63) is 40.6 Å². The number of carbonyl (C=O) groups excluding carboxylic acids is 3. The standard InChI is InChI=1S/C21H32N3O9P/c1-20(2,3)32-15(25)13-30-34(29,31-14-16(26)33-21(4,5)6)12-8-7-10-24-11-9-23-17(18(22)27)19(24)28/h7-9,11H,10,12-14H2,1-6H3,(H2,22,27)/b8-7+. The van der Waals surface area contributed by atoms with Crippen LogP contribution in [0.1, 0.15) is 52.0 Å². The molecule has 1 amide bonds. The number of rotatable bonds is 11. The third-order valence-electron chi connectivity index (χ3n) is 3.54. The van der Waals surface area contributed by atoms with Crippen molar-refractivity contribution in [3.8, 4) is 0 Å². The monoisotopic (exact) mass is 501 g/mol. The molecule has 0 atom stereocenters. The minimum atomic E-state index is -3.98. The number of nitrogens with zero attached hydrogens (tertiary/aromatic N) is 2. The average molecular weight is 501 g/mol. The predicted octanol–water partition coefficient (Wildman–Crippen LogP) is 1.81. The van der Waals surface area contributed by atoms with Crippen molar-refractivity contribution in [1.82, 2.24) is 9.55 Å². The smallest absolute Gasteiger partial charge is 0.335 e. The van der Waals surface area contributed by atoms with E-state index in [-0.39, 0.29) is 12.7 Å². The number of hydrogen-bond acceptors (Lipinski definition) is 10. The highest BCUT2D eigenvalue weighted by Crippen LogP contribution is 2.48. The van der Waals surface area contributed by atoms with Gasteiger partial charge in [0.1, 0.15) is 11.2 Å². The largest absolute Gasteiger partial charge is 0.458 e. The second-order valence-electron chi connectivity index (χ2n) is 9.08. The molecule has 1 rings (SSSR count). The first-order chi connectivity index (χ1) is 15.5. The molecule has 0 saturated carbocycles. The second kappa shape index (κ2) is 12.0. The first kappa shape index (κ1) is 29.2. The molecule has 12 nitrogen and oxygen atoms in total. The van der Waals surface area contributed by atoms with Crippen LogP contribution >= 0.6 is 7.60 Å². The molecule has 1 aromatic heterocycles. The van der Waals surface area contributed by atoms with E-state index in [1.165, 1.54) is 24.5 Å². The van der Waals surface area contributed by atoms with Crippen LogP contribution in [-0.4, -0.2) is 58.0 Å². The van der Waals surface area contributed by atoms with Gasteiger partial charge >= 0.3 is 19.5 Å². The van der Waals surface area contributed by atoms with Crippen LogP contribution in [0.4, 0.5) is 0 Å². The molecule has 1 aromatic rings. The fraction of sp³-hybridized carbons (Fsp3) is 0.571. The molecule has 0 bridgehead atoms. The Labute approximate surface area is 197 Å². The predicted molar refractivity (Wildman–Crippen MR) is 122 cm³/mol. The Kier molecular flexibility index (Phi) is 10.4. The Morgan fingerprint density at radius 3 is 1.94 bits per heavy atom. The van der Waals surface area contributed by atoms with Gasteiger partial charge in [0.15, 0.2) is 18.9 Å². The van der Waals surface area contributed by atoms with Crippen molar-refractivity contribution in [1.29, 1.82) is 0 Å². The summed E-state index contributed by atoms with van der Waals surface area (Å²) in [6.07, 6.45) is 5.13. The van der Waals surface area contributed by atoms with E-state index in [0.29, 0.717) is 0 Å². The lowest BCUT2D eigenvalue weighted by molar-refractivity contribution is -0.158. The minimum absolute atomic E-state index is 0.000233. The number of ether oxygens (including phenoxy) is 2. The van der Waals surface area contributed by atoms with Gasteiger partial charge in [0.25, 0.3) is 11.5 Å². The van der Waals surface area contributed by atoms with Crippen molar-refractivity contribution >= 4 is 25.4 Å². The van der Waals surface area contributed by atoms with Gasteiger partial charge in [0.2, 0.25) is 0 Å². The quantitative estimate of drug-likeness (QED) is 0.268. The number of allylic oxidation sites excluding steroid dienone is 2. The molecule has 34 heavy (non-hydrogen) atoms. The molecule has 0 saturated heterocycles. The number of nitrogens with two attached hydrogens (primary N) is 1. The molecule has 0 aliphatic heterocycles. The summed E-state index contributed by atoms with van der Waals surface area (Å²) in [5.41, 5.74) is 2.46. The molecular formula is C21H32N3O9P. The Hall–Kier alpha value is -2.82. The van der Waals surface area contributed by atoms with Gasteiger partial charge in [0.05, 0.1) is 6.16 Å². The molecule has 2 N–H and O–H groups in total. The summed E-state index contributed by atoms with van der Waals surface area (Å²) >= 11 is 0. The van der Waals surface area contributed by atoms with Crippen molar-refractivity contribution in [3.63, 3.8) is 0 Å². The first-order valence-corrected chi connectivity index (χ1v) is 12.1. The van der Waals surface area contributed by atoms with Crippen LogP contribution in [0.25, 0.3) is 0 Å². The number of esters is 2. The summed E-state index contributed by atoms with van der Waals surface area (Å²) in [7, 11) is -3.98. The summed E-state index contributed by atoms with van der Waals surface area (Å²) in [4.78, 5) is 50.9. The van der Waals surface area contributed by atoms with Gasteiger partial charge in [-0.05, 0) is 41.5 Å². The molecule has 0 unspecified atom stereocenters. The molecular weight excluding hydrogens is 469 g/mol. The SMILES string of the molecule is CC(C)(C)OC(=O)COP(=O)(C/C=C/Cn1ccnc(C(N)=O)c1=O)OCC(=O)OC(C)(C)C. The molecule has 0 aliphatic carbocycles. The van der Waals surface area contributed by atoms with E-state index < -0.39 is 61.1 Å². The molecule has 0 fully saturated rings. The van der Waals surface area contributed by atoms with Gasteiger partial charge in [0, 0.05) is 18.9 Å². The number of primary amides is 1. The average Bonchev–Trinajstić information content (AvgIpc) is 2.67. The maximum Gasteiger partial charge on any atom is 0.335 e. The molecule has 0 aromatic carbocycles. The highest BCUT2D eigenvalue weighted by atomic mass is 31.2. The summed E-state index contributed by atoms with van der Waals surface area (Å²) in [6.45, 7) is 8.65. The maximum absolute atomic E-state index is 13.1. The normalized spacial score (nSPS) is 12.5. The lowest BCUT2D eigenvalue weighted by Gasteiger charge is -2.22.